The van der Waals surface area contributed by atoms with Crippen LogP contribution in [0.25, 0.3) is 0 Å². The molecule has 0 spiro atoms. The van der Waals surface area contributed by atoms with Gasteiger partial charge < -0.3 is 20.1 Å². The lowest BCUT2D eigenvalue weighted by Crippen LogP contribution is -2.67. The van der Waals surface area contributed by atoms with Crippen molar-refractivity contribution in [3.63, 3.8) is 0 Å². The van der Waals surface area contributed by atoms with Crippen LogP contribution in [0.15, 0.2) is 36.4 Å². The Bertz CT molecular complexity index is 1170. The molecule has 1 aromatic carbocycles. The number of hydrogen-bond donors (Lipinski definition) is 2. The summed E-state index contributed by atoms with van der Waals surface area (Å²) in [5, 5.41) is 11.2. The summed E-state index contributed by atoms with van der Waals surface area (Å²) in [5.74, 6) is -9.06. The van der Waals surface area contributed by atoms with E-state index in [-0.39, 0.29) is 24.7 Å². The van der Waals surface area contributed by atoms with E-state index in [1.54, 1.807) is 31.2 Å². The summed E-state index contributed by atoms with van der Waals surface area (Å²) in [6.45, 7) is 1.49. The molecule has 194 valence electrons. The third kappa shape index (κ3) is 5.42. The number of aryl methyl sites for hydroxylation is 1. The Morgan fingerprint density at radius 3 is 2.39 bits per heavy atom. The lowest BCUT2D eigenvalue weighted by Gasteiger charge is -2.50. The molecule has 1 fully saturated rings. The van der Waals surface area contributed by atoms with Crippen molar-refractivity contribution < 1.29 is 41.8 Å². The fourth-order valence-electron chi connectivity index (χ4n) is 4.08. The van der Waals surface area contributed by atoms with Crippen LogP contribution in [0.4, 0.5) is 23.2 Å². The summed E-state index contributed by atoms with van der Waals surface area (Å²) < 4.78 is 57.5. The lowest BCUT2D eigenvalue weighted by molar-refractivity contribution is -0.171. The van der Waals surface area contributed by atoms with Crippen LogP contribution >= 0.6 is 0 Å². The fourth-order valence-corrected chi connectivity index (χ4v) is 4.08. The second-order valence-corrected chi connectivity index (χ2v) is 8.90. The molecule has 0 bridgehead atoms. The minimum absolute atomic E-state index is 0.0502. The average molecular weight is 511 g/mol. The van der Waals surface area contributed by atoms with Gasteiger partial charge in [0.1, 0.15) is 17.5 Å². The second-order valence-electron chi connectivity index (χ2n) is 8.90. The number of aliphatic carboxylic acids is 1. The first-order chi connectivity index (χ1) is 16.8. The molecule has 0 radical (unpaired) electrons. The first-order valence-electron chi connectivity index (χ1n) is 11.0. The van der Waals surface area contributed by atoms with Crippen LogP contribution < -0.4 is 10.1 Å². The van der Waals surface area contributed by atoms with Crippen molar-refractivity contribution in [2.75, 3.05) is 18.4 Å². The molecule has 3 rings (SSSR count). The Kier molecular flexibility index (Phi) is 7.56. The molecule has 1 aliphatic heterocycles. The van der Waals surface area contributed by atoms with Gasteiger partial charge in [-0.15, -0.1) is 0 Å². The first-order valence-corrected chi connectivity index (χ1v) is 11.0. The summed E-state index contributed by atoms with van der Waals surface area (Å²) in [6.07, 6.45) is -1.56. The molecule has 0 unspecified atom stereocenters. The predicted octanol–water partition coefficient (Wildman–Crippen LogP) is 3.94. The third-order valence-electron chi connectivity index (χ3n) is 5.94. The Balaban J connectivity index is 1.96. The molecule has 0 saturated carbocycles. The van der Waals surface area contributed by atoms with Gasteiger partial charge in [0.05, 0.1) is 0 Å². The van der Waals surface area contributed by atoms with Crippen molar-refractivity contribution in [3.8, 4) is 5.88 Å². The smallest absolute Gasteiger partial charge is 0.388 e. The van der Waals surface area contributed by atoms with Gasteiger partial charge in [0, 0.05) is 18.8 Å². The van der Waals surface area contributed by atoms with E-state index in [4.69, 9.17) is 5.11 Å². The van der Waals surface area contributed by atoms with E-state index < -0.39 is 48.0 Å². The number of carboxylic acids is 1. The largest absolute Gasteiger partial charge is 0.477 e. The predicted molar refractivity (Wildman–Crippen MR) is 120 cm³/mol. The number of benzene rings is 1. The zero-order valence-electron chi connectivity index (χ0n) is 19.7. The quantitative estimate of drug-likeness (QED) is 0.494. The Morgan fingerprint density at radius 2 is 1.81 bits per heavy atom. The molecule has 2 heterocycles. The second kappa shape index (κ2) is 10.1. The number of aromatic nitrogens is 1. The molecule has 0 atom stereocenters. The van der Waals surface area contributed by atoms with Gasteiger partial charge in [0.15, 0.2) is 0 Å². The van der Waals surface area contributed by atoms with E-state index in [9.17, 15) is 31.9 Å². The number of pyridine rings is 1. The highest BCUT2D eigenvalue weighted by Crippen LogP contribution is 2.41. The number of nitrogens with one attached hydrogen (secondary N) is 1. The number of carbonyl (C=O) groups is 3. The molecule has 1 aliphatic rings. The van der Waals surface area contributed by atoms with Gasteiger partial charge in [-0.05, 0) is 36.1 Å². The van der Waals surface area contributed by atoms with E-state index in [1.165, 1.54) is 12.1 Å². The van der Waals surface area contributed by atoms with Crippen LogP contribution in [-0.2, 0) is 19.8 Å². The third-order valence-corrected chi connectivity index (χ3v) is 5.94. The number of ether oxygens (including phenoxy) is 1. The van der Waals surface area contributed by atoms with Crippen molar-refractivity contribution in [2.24, 2.45) is 0 Å². The number of alkyl halides is 4. The lowest BCUT2D eigenvalue weighted by atomic mass is 9.69. The van der Waals surface area contributed by atoms with Crippen molar-refractivity contribution >= 4 is 23.5 Å². The van der Waals surface area contributed by atoms with Gasteiger partial charge in [-0.1, -0.05) is 38.1 Å². The van der Waals surface area contributed by atoms with Gasteiger partial charge >= 0.3 is 18.5 Å². The van der Waals surface area contributed by atoms with Gasteiger partial charge in [0.25, 0.3) is 0 Å². The number of rotatable bonds is 9. The number of amides is 2. The number of carbonyl (C=O) groups excluding carboxylic acids is 2. The van der Waals surface area contributed by atoms with Crippen molar-refractivity contribution in [1.29, 1.82) is 0 Å². The van der Waals surface area contributed by atoms with Gasteiger partial charge in [0.2, 0.25) is 17.7 Å². The van der Waals surface area contributed by atoms with E-state index in [0.717, 1.165) is 10.5 Å². The number of halogens is 4. The maximum absolute atomic E-state index is 13.6. The normalized spacial score (nSPS) is 15.0. The summed E-state index contributed by atoms with van der Waals surface area (Å²) >= 11 is 0. The van der Waals surface area contributed by atoms with Gasteiger partial charge in [-0.25, -0.2) is 9.78 Å². The molecule has 1 saturated heterocycles. The molecule has 2 aromatic rings. The fraction of sp³-hybridized carbons (Fsp3) is 0.417. The molecular weight excluding hydrogens is 486 g/mol. The van der Waals surface area contributed by atoms with Crippen molar-refractivity contribution in [1.82, 2.24) is 9.88 Å². The molecular formula is C24H25F4N3O5. The Labute approximate surface area is 204 Å². The van der Waals surface area contributed by atoms with E-state index >= 15 is 0 Å². The molecule has 8 nitrogen and oxygen atoms in total. The van der Waals surface area contributed by atoms with E-state index in [0.29, 0.717) is 11.3 Å². The zero-order valence-corrected chi connectivity index (χ0v) is 19.7. The first kappa shape index (κ1) is 26.9. The Morgan fingerprint density at radius 1 is 1.17 bits per heavy atom. The summed E-state index contributed by atoms with van der Waals surface area (Å²) in [7, 11) is 0. The monoisotopic (exact) mass is 511 g/mol. The van der Waals surface area contributed by atoms with Crippen LogP contribution in [0.1, 0.15) is 43.0 Å². The minimum Gasteiger partial charge on any atom is -0.477 e. The van der Waals surface area contributed by atoms with Gasteiger partial charge in [-0.3, -0.25) is 9.59 Å². The average Bonchev–Trinajstić information content (AvgIpc) is 2.74. The highest BCUT2D eigenvalue weighted by Gasteiger charge is 2.55. The van der Waals surface area contributed by atoms with Crippen LogP contribution in [-0.4, -0.2) is 58.4 Å². The standard InChI is InChI=1S/C24H25F4N3O5/c1-13(2)15-6-4-5-7-16(15)23(11-31(12-23)18(32)10-24(27,28)21(34)35)20(33)30-17-9-8-14(3)29-19(17)36-22(25)26/h4-9,13,22H,10-12H2,1-3H3,(H,30,33)(H,34,35). The molecule has 1 aromatic heterocycles. The van der Waals surface area contributed by atoms with Crippen molar-refractivity contribution in [3.05, 3.63) is 53.2 Å². The topological polar surface area (TPSA) is 109 Å². The van der Waals surface area contributed by atoms with E-state index in [2.05, 4.69) is 15.0 Å². The maximum atomic E-state index is 13.6. The van der Waals surface area contributed by atoms with Crippen LogP contribution in [0.5, 0.6) is 5.88 Å². The summed E-state index contributed by atoms with van der Waals surface area (Å²) in [6, 6.07) is 9.72. The zero-order chi connectivity index (χ0) is 26.8. The number of carboxylic acid groups (broad SMARTS) is 1. The van der Waals surface area contributed by atoms with Crippen LogP contribution in [0.2, 0.25) is 0 Å². The van der Waals surface area contributed by atoms with Crippen LogP contribution in [0.3, 0.4) is 0 Å². The number of anilines is 1. The molecule has 12 heteroatoms. The SMILES string of the molecule is Cc1ccc(NC(=O)C2(c3ccccc3C(C)C)CN(C(=O)CC(F)(F)C(=O)O)C2)c(OC(F)F)n1. The number of nitrogens with zero attached hydrogens (tertiary/aromatic N) is 2. The maximum Gasteiger partial charge on any atom is 0.388 e. The minimum atomic E-state index is -4.26. The van der Waals surface area contributed by atoms with E-state index in [1.807, 2.05) is 13.8 Å². The highest BCUT2D eigenvalue weighted by atomic mass is 19.3. The summed E-state index contributed by atoms with van der Waals surface area (Å²) in [5.41, 5.74) is 0.115. The summed E-state index contributed by atoms with van der Waals surface area (Å²) in [4.78, 5) is 41.6. The van der Waals surface area contributed by atoms with Crippen molar-refractivity contribution in [2.45, 2.75) is 51.1 Å². The van der Waals surface area contributed by atoms with Crippen LogP contribution in [0, 0.1) is 6.92 Å². The molecule has 2 N–H and O–H groups in total. The molecule has 0 aliphatic carbocycles. The Hall–Kier alpha value is -3.70. The molecule has 36 heavy (non-hydrogen) atoms. The molecule has 2 amide bonds. The number of likely N-dealkylation sites (tertiary alicyclic amines) is 1. The number of hydrogen-bond acceptors (Lipinski definition) is 5. The highest BCUT2D eigenvalue weighted by molar-refractivity contribution is 6.03. The van der Waals surface area contributed by atoms with Gasteiger partial charge in [-0.2, -0.15) is 17.6 Å².